The van der Waals surface area contributed by atoms with Crippen molar-refractivity contribution in [2.45, 2.75) is 90.9 Å². The average Bonchev–Trinajstić information content (AvgIpc) is 2.93. The van der Waals surface area contributed by atoms with Gasteiger partial charge in [-0.3, -0.25) is 0 Å². The highest BCUT2D eigenvalue weighted by Gasteiger charge is 2.22. The largest absolute Gasteiger partial charge is 0.513 e. The van der Waals surface area contributed by atoms with Crippen LogP contribution >= 0.6 is 11.6 Å². The third-order valence-corrected chi connectivity index (χ3v) is 7.02. The van der Waals surface area contributed by atoms with E-state index in [1.165, 1.54) is 38.5 Å². The summed E-state index contributed by atoms with van der Waals surface area (Å²) < 4.78 is 22.2. The van der Waals surface area contributed by atoms with E-state index in [0.29, 0.717) is 45.5 Å². The molecule has 39 heavy (non-hydrogen) atoms. The normalized spacial score (nSPS) is 11.1. The fraction of sp³-hybridized carbons (Fsp3) is 0.500. The van der Waals surface area contributed by atoms with E-state index in [0.717, 1.165) is 38.5 Å². The van der Waals surface area contributed by atoms with Gasteiger partial charge in [-0.1, -0.05) is 126 Å². The van der Waals surface area contributed by atoms with Crippen LogP contribution in [0.4, 0.5) is 9.59 Å². The van der Waals surface area contributed by atoms with E-state index in [9.17, 15) is 9.59 Å². The number of hydrogen-bond donors (Lipinski definition) is 0. The van der Waals surface area contributed by atoms with Crippen LogP contribution in [0.3, 0.4) is 0 Å². The zero-order valence-corrected chi connectivity index (χ0v) is 24.0. The van der Waals surface area contributed by atoms with Crippen molar-refractivity contribution in [1.29, 1.82) is 0 Å². The lowest BCUT2D eigenvalue weighted by Crippen LogP contribution is -2.14. The molecule has 0 saturated heterocycles. The molecule has 0 bridgehead atoms. The topological polar surface area (TPSA) is 71.1 Å². The van der Waals surface area contributed by atoms with E-state index >= 15 is 0 Å². The number of fused-ring (bicyclic) bond motifs is 2. The monoisotopic (exact) mass is 556 g/mol. The first kappa shape index (κ1) is 30.6. The Morgan fingerprint density at radius 3 is 1.62 bits per heavy atom. The zero-order chi connectivity index (χ0) is 27.9. The summed E-state index contributed by atoms with van der Waals surface area (Å²) in [5, 5.41) is 2.54. The Morgan fingerprint density at radius 1 is 0.590 bits per heavy atom. The quantitative estimate of drug-likeness (QED) is 0.0756. The lowest BCUT2D eigenvalue weighted by molar-refractivity contribution is 0.0965. The van der Waals surface area contributed by atoms with Crippen molar-refractivity contribution in [1.82, 2.24) is 0 Å². The molecule has 0 unspecified atom stereocenters. The Balaban J connectivity index is 1.74. The first-order chi connectivity index (χ1) is 19.1. The summed E-state index contributed by atoms with van der Waals surface area (Å²) >= 11 is 6.59. The molecule has 0 aromatic heterocycles. The van der Waals surface area contributed by atoms with E-state index < -0.39 is 12.3 Å². The summed E-state index contributed by atoms with van der Waals surface area (Å²) in [4.78, 5) is 25.3. The SMILES string of the molecule is CCCCCCCCOC(=O)Oc1c2ccccc2c(OC(=O)OCCCCCCCC)c2c(Cl)cccc12. The molecule has 0 N–H and O–H groups in total. The van der Waals surface area contributed by atoms with Crippen LogP contribution in [0.5, 0.6) is 11.5 Å². The van der Waals surface area contributed by atoms with Gasteiger partial charge in [0, 0.05) is 21.5 Å². The molecular weight excluding hydrogens is 516 g/mol. The second kappa shape index (κ2) is 16.9. The number of rotatable bonds is 16. The van der Waals surface area contributed by atoms with Gasteiger partial charge in [-0.15, -0.1) is 0 Å². The van der Waals surface area contributed by atoms with Crippen molar-refractivity contribution in [3.05, 3.63) is 47.5 Å². The maximum atomic E-state index is 12.6. The highest BCUT2D eigenvalue weighted by Crippen LogP contribution is 2.45. The molecule has 3 aromatic carbocycles. The van der Waals surface area contributed by atoms with Crippen molar-refractivity contribution in [2.75, 3.05) is 13.2 Å². The van der Waals surface area contributed by atoms with Crippen molar-refractivity contribution >= 4 is 45.5 Å². The molecule has 3 rings (SSSR count). The minimum Gasteiger partial charge on any atom is -0.434 e. The van der Waals surface area contributed by atoms with Crippen LogP contribution in [0, 0.1) is 0 Å². The first-order valence-electron chi connectivity index (χ1n) is 14.4. The Hall–Kier alpha value is -2.99. The van der Waals surface area contributed by atoms with Crippen LogP contribution in [-0.2, 0) is 9.47 Å². The summed E-state index contributed by atoms with van der Waals surface area (Å²) in [6.45, 7) is 4.95. The van der Waals surface area contributed by atoms with Crippen LogP contribution < -0.4 is 9.47 Å². The summed E-state index contributed by atoms with van der Waals surface area (Å²) in [7, 11) is 0. The van der Waals surface area contributed by atoms with Crippen LogP contribution in [-0.4, -0.2) is 25.5 Å². The van der Waals surface area contributed by atoms with Gasteiger partial charge >= 0.3 is 12.3 Å². The molecule has 0 aliphatic rings. The van der Waals surface area contributed by atoms with Crippen molar-refractivity contribution in [2.24, 2.45) is 0 Å². The number of hydrogen-bond acceptors (Lipinski definition) is 6. The fourth-order valence-corrected chi connectivity index (χ4v) is 4.88. The number of carbonyl (C=O) groups is 2. The summed E-state index contributed by atoms with van der Waals surface area (Å²) in [5.41, 5.74) is 0. The Kier molecular flexibility index (Phi) is 13.2. The molecular formula is C32H41ClO6. The maximum Gasteiger partial charge on any atom is 0.513 e. The molecule has 0 radical (unpaired) electrons. The molecule has 3 aromatic rings. The van der Waals surface area contributed by atoms with Gasteiger partial charge in [0.1, 0.15) is 0 Å². The van der Waals surface area contributed by atoms with Crippen LogP contribution in [0.2, 0.25) is 5.02 Å². The standard InChI is InChI=1S/C32H41ClO6/c1-3-5-7-9-11-15-22-36-31(34)38-29-24-18-13-14-19-25(24)30(28-26(29)20-17-21-27(28)33)39-32(35)37-23-16-12-10-8-6-4-2/h13-14,17-21H,3-12,15-16,22-23H2,1-2H3. The van der Waals surface area contributed by atoms with Crippen molar-refractivity contribution in [3.63, 3.8) is 0 Å². The van der Waals surface area contributed by atoms with Gasteiger partial charge in [-0.25, -0.2) is 9.59 Å². The number of benzene rings is 3. The number of halogens is 1. The number of unbranched alkanes of at least 4 members (excludes halogenated alkanes) is 10. The molecule has 0 spiro atoms. The maximum absolute atomic E-state index is 12.6. The number of ether oxygens (including phenoxy) is 4. The highest BCUT2D eigenvalue weighted by atomic mass is 35.5. The molecule has 0 fully saturated rings. The van der Waals surface area contributed by atoms with E-state index in [4.69, 9.17) is 30.5 Å². The van der Waals surface area contributed by atoms with Crippen LogP contribution in [0.15, 0.2) is 42.5 Å². The third kappa shape index (κ3) is 9.31. The minimum atomic E-state index is -0.790. The molecule has 0 aliphatic carbocycles. The van der Waals surface area contributed by atoms with Gasteiger partial charge in [-0.2, -0.15) is 0 Å². The van der Waals surface area contributed by atoms with Crippen molar-refractivity contribution < 1.29 is 28.5 Å². The summed E-state index contributed by atoms with van der Waals surface area (Å²) in [5.74, 6) is 0.579. The average molecular weight is 557 g/mol. The Labute approximate surface area is 236 Å². The fourth-order valence-electron chi connectivity index (χ4n) is 4.62. The van der Waals surface area contributed by atoms with E-state index in [-0.39, 0.29) is 5.75 Å². The smallest absolute Gasteiger partial charge is 0.434 e. The van der Waals surface area contributed by atoms with Gasteiger partial charge in [0.05, 0.1) is 18.2 Å². The molecule has 0 aliphatic heterocycles. The third-order valence-electron chi connectivity index (χ3n) is 6.71. The molecule has 212 valence electrons. The van der Waals surface area contributed by atoms with Crippen molar-refractivity contribution in [3.8, 4) is 11.5 Å². The first-order valence-corrected chi connectivity index (χ1v) is 14.8. The van der Waals surface area contributed by atoms with E-state index in [1.807, 2.05) is 12.1 Å². The van der Waals surface area contributed by atoms with Gasteiger partial charge in [0.15, 0.2) is 11.5 Å². The predicted octanol–water partition coefficient (Wildman–Crippen LogP) is 10.4. The second-order valence-electron chi connectivity index (χ2n) is 9.80. The number of carbonyl (C=O) groups excluding carboxylic acids is 2. The zero-order valence-electron chi connectivity index (χ0n) is 23.3. The predicted molar refractivity (Wildman–Crippen MR) is 157 cm³/mol. The Morgan fingerprint density at radius 2 is 1.05 bits per heavy atom. The molecule has 0 atom stereocenters. The lowest BCUT2D eigenvalue weighted by Gasteiger charge is -2.17. The van der Waals surface area contributed by atoms with Crippen LogP contribution in [0.1, 0.15) is 90.9 Å². The van der Waals surface area contributed by atoms with Gasteiger partial charge in [-0.05, 0) is 18.9 Å². The molecule has 7 heteroatoms. The minimum absolute atomic E-state index is 0.270. The molecule has 0 heterocycles. The van der Waals surface area contributed by atoms with Crippen LogP contribution in [0.25, 0.3) is 21.5 Å². The van der Waals surface area contributed by atoms with Gasteiger partial charge in [0.2, 0.25) is 0 Å². The molecule has 0 amide bonds. The lowest BCUT2D eigenvalue weighted by atomic mass is 10.0. The van der Waals surface area contributed by atoms with E-state index in [2.05, 4.69) is 13.8 Å². The summed E-state index contributed by atoms with van der Waals surface area (Å²) in [6, 6.07) is 12.5. The Bertz CT molecular complexity index is 1210. The second-order valence-corrected chi connectivity index (χ2v) is 10.2. The highest BCUT2D eigenvalue weighted by molar-refractivity contribution is 6.37. The molecule has 6 nitrogen and oxygen atoms in total. The summed E-state index contributed by atoms with van der Waals surface area (Å²) in [6.07, 6.45) is 11.5. The van der Waals surface area contributed by atoms with E-state index in [1.54, 1.807) is 30.3 Å². The molecule has 0 saturated carbocycles. The van der Waals surface area contributed by atoms with Gasteiger partial charge in [0.25, 0.3) is 0 Å². The van der Waals surface area contributed by atoms with Gasteiger partial charge < -0.3 is 18.9 Å².